The second-order valence-corrected chi connectivity index (χ2v) is 5.32. The van der Waals surface area contributed by atoms with E-state index in [1.807, 2.05) is 6.92 Å². The first kappa shape index (κ1) is 13.3. The minimum Gasteiger partial charge on any atom is -0.508 e. The summed E-state index contributed by atoms with van der Waals surface area (Å²) in [5, 5.41) is 12.5. The standard InChI is InChI=1S/C15H22FNO/c1-11(14-7-6-13(18)10-15(14)16)17-9-8-12-4-2-3-5-12/h6-7,10-12,17-18H,2-5,8-9H2,1H3. The highest BCUT2D eigenvalue weighted by molar-refractivity contribution is 5.29. The van der Waals surface area contributed by atoms with Gasteiger partial charge in [0.1, 0.15) is 11.6 Å². The Hall–Kier alpha value is -1.09. The predicted octanol–water partition coefficient (Wildman–Crippen LogP) is 3.76. The van der Waals surface area contributed by atoms with Gasteiger partial charge in [0.2, 0.25) is 0 Å². The molecule has 1 aromatic carbocycles. The van der Waals surface area contributed by atoms with Crippen molar-refractivity contribution in [2.45, 2.75) is 45.1 Å². The molecule has 18 heavy (non-hydrogen) atoms. The summed E-state index contributed by atoms with van der Waals surface area (Å²) in [7, 11) is 0. The molecule has 0 heterocycles. The molecular formula is C15H22FNO. The molecule has 0 amide bonds. The Kier molecular flexibility index (Phi) is 4.59. The topological polar surface area (TPSA) is 32.3 Å². The lowest BCUT2D eigenvalue weighted by molar-refractivity contribution is 0.443. The van der Waals surface area contributed by atoms with Crippen molar-refractivity contribution in [1.82, 2.24) is 5.32 Å². The number of phenols is 1. The summed E-state index contributed by atoms with van der Waals surface area (Å²) in [5.41, 5.74) is 0.624. The molecule has 1 aromatic rings. The van der Waals surface area contributed by atoms with Gasteiger partial charge in [0.05, 0.1) is 0 Å². The molecule has 2 N–H and O–H groups in total. The van der Waals surface area contributed by atoms with Crippen molar-refractivity contribution >= 4 is 0 Å². The van der Waals surface area contributed by atoms with E-state index in [0.29, 0.717) is 5.56 Å². The second-order valence-electron chi connectivity index (χ2n) is 5.32. The quantitative estimate of drug-likeness (QED) is 0.835. The van der Waals surface area contributed by atoms with E-state index in [-0.39, 0.29) is 17.6 Å². The zero-order valence-corrected chi connectivity index (χ0v) is 11.0. The normalized spacial score (nSPS) is 18.1. The SMILES string of the molecule is CC(NCCC1CCCC1)c1ccc(O)cc1F. The van der Waals surface area contributed by atoms with Crippen molar-refractivity contribution in [3.63, 3.8) is 0 Å². The van der Waals surface area contributed by atoms with E-state index >= 15 is 0 Å². The molecule has 100 valence electrons. The molecule has 1 atom stereocenters. The van der Waals surface area contributed by atoms with Crippen LogP contribution in [0.2, 0.25) is 0 Å². The van der Waals surface area contributed by atoms with Gasteiger partial charge in [-0.25, -0.2) is 4.39 Å². The van der Waals surface area contributed by atoms with Crippen LogP contribution in [-0.2, 0) is 0 Å². The number of rotatable bonds is 5. The number of hydrogen-bond acceptors (Lipinski definition) is 2. The smallest absolute Gasteiger partial charge is 0.131 e. The molecule has 1 saturated carbocycles. The molecule has 2 rings (SSSR count). The van der Waals surface area contributed by atoms with Crippen LogP contribution in [0.3, 0.4) is 0 Å². The van der Waals surface area contributed by atoms with Crippen molar-refractivity contribution < 1.29 is 9.50 Å². The van der Waals surface area contributed by atoms with Crippen LogP contribution in [0.5, 0.6) is 5.75 Å². The van der Waals surface area contributed by atoms with Crippen LogP contribution in [0.25, 0.3) is 0 Å². The molecule has 2 nitrogen and oxygen atoms in total. The van der Waals surface area contributed by atoms with Gasteiger partial charge in [-0.15, -0.1) is 0 Å². The summed E-state index contributed by atoms with van der Waals surface area (Å²) in [6, 6.07) is 4.35. The number of nitrogens with one attached hydrogen (secondary N) is 1. The Morgan fingerprint density at radius 3 is 2.78 bits per heavy atom. The lowest BCUT2D eigenvalue weighted by Gasteiger charge is -2.16. The molecule has 1 aliphatic carbocycles. The van der Waals surface area contributed by atoms with E-state index in [1.54, 1.807) is 6.07 Å². The fourth-order valence-corrected chi connectivity index (χ4v) is 2.78. The van der Waals surface area contributed by atoms with Crippen LogP contribution in [0.15, 0.2) is 18.2 Å². The van der Waals surface area contributed by atoms with Crippen LogP contribution < -0.4 is 5.32 Å². The summed E-state index contributed by atoms with van der Waals surface area (Å²) in [6.07, 6.45) is 6.62. The largest absolute Gasteiger partial charge is 0.508 e. The van der Waals surface area contributed by atoms with Gasteiger partial charge in [0.15, 0.2) is 0 Å². The first-order valence-corrected chi connectivity index (χ1v) is 6.88. The first-order chi connectivity index (χ1) is 8.66. The fourth-order valence-electron chi connectivity index (χ4n) is 2.78. The molecule has 3 heteroatoms. The Bertz CT molecular complexity index is 388. The van der Waals surface area contributed by atoms with Crippen LogP contribution in [0.1, 0.15) is 50.6 Å². The van der Waals surface area contributed by atoms with Crippen molar-refractivity contribution in [3.8, 4) is 5.75 Å². The van der Waals surface area contributed by atoms with Gasteiger partial charge in [-0.05, 0) is 31.9 Å². The third-order valence-corrected chi connectivity index (χ3v) is 3.93. The van der Waals surface area contributed by atoms with Crippen LogP contribution in [-0.4, -0.2) is 11.7 Å². The average Bonchev–Trinajstić information content (AvgIpc) is 2.81. The third kappa shape index (κ3) is 3.45. The van der Waals surface area contributed by atoms with Gasteiger partial charge in [-0.2, -0.15) is 0 Å². The Balaban J connectivity index is 1.81. The number of benzene rings is 1. The van der Waals surface area contributed by atoms with Crippen molar-refractivity contribution in [2.24, 2.45) is 5.92 Å². The van der Waals surface area contributed by atoms with Gasteiger partial charge >= 0.3 is 0 Å². The zero-order chi connectivity index (χ0) is 13.0. The fraction of sp³-hybridized carbons (Fsp3) is 0.600. The lowest BCUT2D eigenvalue weighted by atomic mass is 10.0. The molecule has 1 aliphatic rings. The Morgan fingerprint density at radius 2 is 2.11 bits per heavy atom. The van der Waals surface area contributed by atoms with Crippen molar-refractivity contribution in [2.75, 3.05) is 6.54 Å². The Labute approximate surface area is 108 Å². The molecule has 0 bridgehead atoms. The molecule has 0 aliphatic heterocycles. The molecular weight excluding hydrogens is 229 g/mol. The Morgan fingerprint density at radius 1 is 1.39 bits per heavy atom. The van der Waals surface area contributed by atoms with E-state index < -0.39 is 0 Å². The number of halogens is 1. The number of aromatic hydroxyl groups is 1. The predicted molar refractivity (Wildman–Crippen MR) is 71.1 cm³/mol. The molecule has 0 radical (unpaired) electrons. The lowest BCUT2D eigenvalue weighted by Crippen LogP contribution is -2.22. The maximum atomic E-state index is 13.6. The molecule has 0 spiro atoms. The number of phenolic OH excluding ortho intramolecular Hbond substituents is 1. The van der Waals surface area contributed by atoms with Crippen LogP contribution in [0, 0.1) is 11.7 Å². The van der Waals surface area contributed by atoms with Gasteiger partial charge in [0, 0.05) is 17.7 Å². The van der Waals surface area contributed by atoms with Crippen LogP contribution in [0.4, 0.5) is 4.39 Å². The summed E-state index contributed by atoms with van der Waals surface area (Å²) >= 11 is 0. The van der Waals surface area contributed by atoms with E-state index in [9.17, 15) is 9.50 Å². The van der Waals surface area contributed by atoms with Gasteiger partial charge in [-0.1, -0.05) is 31.7 Å². The zero-order valence-electron chi connectivity index (χ0n) is 11.0. The highest BCUT2D eigenvalue weighted by Crippen LogP contribution is 2.27. The summed E-state index contributed by atoms with van der Waals surface area (Å²) in [4.78, 5) is 0. The first-order valence-electron chi connectivity index (χ1n) is 6.88. The molecule has 0 saturated heterocycles. The van der Waals surface area contributed by atoms with E-state index in [2.05, 4.69) is 5.32 Å². The van der Waals surface area contributed by atoms with Gasteiger partial charge < -0.3 is 10.4 Å². The summed E-state index contributed by atoms with van der Waals surface area (Å²) in [5.74, 6) is 0.500. The van der Waals surface area contributed by atoms with E-state index in [4.69, 9.17) is 0 Å². The van der Waals surface area contributed by atoms with Crippen molar-refractivity contribution in [1.29, 1.82) is 0 Å². The molecule has 1 unspecified atom stereocenters. The highest BCUT2D eigenvalue weighted by Gasteiger charge is 2.15. The summed E-state index contributed by atoms with van der Waals surface area (Å²) < 4.78 is 13.6. The highest BCUT2D eigenvalue weighted by atomic mass is 19.1. The molecule has 0 aromatic heterocycles. The minimum absolute atomic E-state index is 0.00740. The van der Waals surface area contributed by atoms with Crippen LogP contribution >= 0.6 is 0 Å². The summed E-state index contributed by atoms with van der Waals surface area (Å²) in [6.45, 7) is 2.90. The monoisotopic (exact) mass is 251 g/mol. The van der Waals surface area contributed by atoms with Gasteiger partial charge in [0.25, 0.3) is 0 Å². The minimum atomic E-state index is -0.337. The number of hydrogen-bond donors (Lipinski definition) is 2. The maximum absolute atomic E-state index is 13.6. The third-order valence-electron chi connectivity index (χ3n) is 3.93. The average molecular weight is 251 g/mol. The van der Waals surface area contributed by atoms with E-state index in [1.165, 1.54) is 44.2 Å². The maximum Gasteiger partial charge on any atom is 0.131 e. The second kappa shape index (κ2) is 6.19. The van der Waals surface area contributed by atoms with Crippen molar-refractivity contribution in [3.05, 3.63) is 29.6 Å². The van der Waals surface area contributed by atoms with Gasteiger partial charge in [-0.3, -0.25) is 0 Å². The molecule has 1 fully saturated rings. The van der Waals surface area contributed by atoms with E-state index in [0.717, 1.165) is 12.5 Å².